The molecule has 0 aliphatic rings. The largest absolute Gasteiger partial charge is 0.118 e. The van der Waals surface area contributed by atoms with Gasteiger partial charge in [0.05, 0.1) is 0 Å². The lowest BCUT2D eigenvalue weighted by atomic mass is 10.4. The van der Waals surface area contributed by atoms with Crippen molar-refractivity contribution in [1.29, 1.82) is 0 Å². The molecule has 0 spiro atoms. The highest BCUT2D eigenvalue weighted by Crippen LogP contribution is 2.60. The lowest BCUT2D eigenvalue weighted by Gasteiger charge is -2.16. The molecule has 0 radical (unpaired) electrons. The zero-order valence-corrected chi connectivity index (χ0v) is 13.4. The van der Waals surface area contributed by atoms with Crippen LogP contribution in [0.15, 0.2) is 30.3 Å². The van der Waals surface area contributed by atoms with Crippen LogP contribution in [0.4, 0.5) is 0 Å². The average molecular weight is 286 g/mol. The molecule has 0 heterocycles. The second-order valence-electron chi connectivity index (χ2n) is 3.97. The number of rotatable bonds is 9. The molecule has 3 heteroatoms. The first-order valence-electron chi connectivity index (χ1n) is 6.49. The first kappa shape index (κ1) is 15.4. The van der Waals surface area contributed by atoms with Gasteiger partial charge in [0, 0.05) is 6.33 Å². The Morgan fingerprint density at radius 1 is 0.882 bits per heavy atom. The molecule has 0 aliphatic heterocycles. The van der Waals surface area contributed by atoms with Crippen molar-refractivity contribution >= 4 is 34.4 Å². The van der Waals surface area contributed by atoms with Crippen molar-refractivity contribution in [2.45, 2.75) is 39.5 Å². The van der Waals surface area contributed by atoms with Crippen LogP contribution in [-0.2, 0) is 0 Å². The van der Waals surface area contributed by atoms with Gasteiger partial charge in [-0.2, -0.15) is 0 Å². The van der Waals surface area contributed by atoms with Gasteiger partial charge in [0.15, 0.2) is 0 Å². The Morgan fingerprint density at radius 2 is 1.41 bits per heavy atom. The maximum Gasteiger partial charge on any atom is 0.0437 e. The van der Waals surface area contributed by atoms with E-state index in [2.05, 4.69) is 66.9 Å². The minimum Gasteiger partial charge on any atom is -0.118 e. The molecule has 0 amide bonds. The topological polar surface area (TPSA) is 0 Å². The van der Waals surface area contributed by atoms with Gasteiger partial charge in [-0.25, -0.2) is 0 Å². The van der Waals surface area contributed by atoms with Crippen LogP contribution in [0.2, 0.25) is 0 Å². The van der Waals surface area contributed by atoms with Gasteiger partial charge >= 0.3 is 0 Å². The predicted octanol–water partition coefficient (Wildman–Crippen LogP) is 5.69. The van der Waals surface area contributed by atoms with Crippen LogP contribution in [0.5, 0.6) is 0 Å². The SMILES string of the molecule is CCCCSP(SCCCC)c1ccccc1. The minimum atomic E-state index is -0.0456. The molecule has 0 atom stereocenters. The van der Waals surface area contributed by atoms with Gasteiger partial charge in [0.1, 0.15) is 0 Å². The van der Waals surface area contributed by atoms with Crippen molar-refractivity contribution in [2.24, 2.45) is 0 Å². The quantitative estimate of drug-likeness (QED) is 0.422. The third-order valence-corrected chi connectivity index (χ3v) is 10.2. The van der Waals surface area contributed by atoms with Crippen LogP contribution < -0.4 is 5.30 Å². The highest BCUT2D eigenvalue weighted by Gasteiger charge is 2.11. The number of benzene rings is 1. The summed E-state index contributed by atoms with van der Waals surface area (Å²) < 4.78 is 0. The summed E-state index contributed by atoms with van der Waals surface area (Å²) in [6, 6.07) is 11.1. The van der Waals surface area contributed by atoms with Crippen LogP contribution in [0, 0.1) is 0 Å². The van der Waals surface area contributed by atoms with E-state index >= 15 is 0 Å². The van der Waals surface area contributed by atoms with Gasteiger partial charge in [-0.1, -0.05) is 57.0 Å². The van der Waals surface area contributed by atoms with Crippen LogP contribution in [-0.4, -0.2) is 11.5 Å². The summed E-state index contributed by atoms with van der Waals surface area (Å²) in [7, 11) is 0. The monoisotopic (exact) mass is 286 g/mol. The van der Waals surface area contributed by atoms with Gasteiger partial charge in [-0.05, 0) is 29.7 Å². The van der Waals surface area contributed by atoms with E-state index < -0.39 is 0 Å². The molecule has 0 unspecified atom stereocenters. The molecule has 0 aromatic heterocycles. The van der Waals surface area contributed by atoms with Gasteiger partial charge < -0.3 is 0 Å². The second-order valence-corrected chi connectivity index (χ2v) is 10.8. The summed E-state index contributed by atoms with van der Waals surface area (Å²) in [5.74, 6) is 2.63. The fourth-order valence-corrected chi connectivity index (χ4v) is 8.91. The summed E-state index contributed by atoms with van der Waals surface area (Å²) in [5, 5.41) is 1.55. The lowest BCUT2D eigenvalue weighted by molar-refractivity contribution is 0.898. The minimum absolute atomic E-state index is 0.0456. The molecule has 0 nitrogen and oxygen atoms in total. The van der Waals surface area contributed by atoms with Gasteiger partial charge in [-0.3, -0.25) is 0 Å². The maximum atomic E-state index is 2.30. The molecule has 1 aromatic carbocycles. The maximum absolute atomic E-state index is 2.30. The third-order valence-electron chi connectivity index (χ3n) is 2.38. The standard InChI is InChI=1S/C14H23PS2/c1-3-5-12-16-15(17-13-6-4-2)14-10-8-7-9-11-14/h7-11H,3-6,12-13H2,1-2H3. The highest BCUT2D eigenvalue weighted by atomic mass is 33.1. The lowest BCUT2D eigenvalue weighted by Crippen LogP contribution is -1.96. The zero-order valence-electron chi connectivity index (χ0n) is 10.9. The van der Waals surface area contributed by atoms with E-state index in [1.165, 1.54) is 37.2 Å². The Balaban J connectivity index is 2.46. The van der Waals surface area contributed by atoms with E-state index in [1.54, 1.807) is 5.30 Å². The molecule has 17 heavy (non-hydrogen) atoms. The zero-order chi connectivity index (χ0) is 12.3. The fourth-order valence-electron chi connectivity index (χ4n) is 1.32. The van der Waals surface area contributed by atoms with Gasteiger partial charge in [-0.15, -0.1) is 22.8 Å². The third kappa shape index (κ3) is 6.74. The number of hydrogen-bond acceptors (Lipinski definition) is 2. The normalized spacial score (nSPS) is 11.0. The molecular formula is C14H23PS2. The van der Waals surface area contributed by atoms with Crippen molar-refractivity contribution in [3.05, 3.63) is 30.3 Å². The van der Waals surface area contributed by atoms with Crippen molar-refractivity contribution in [3.8, 4) is 0 Å². The fraction of sp³-hybridized carbons (Fsp3) is 0.571. The Labute approximate surface area is 116 Å². The molecule has 0 bridgehead atoms. The van der Waals surface area contributed by atoms with Crippen LogP contribution >= 0.6 is 29.1 Å². The molecule has 0 N–H and O–H groups in total. The highest BCUT2D eigenvalue weighted by molar-refractivity contribution is 8.90. The molecule has 0 saturated carbocycles. The van der Waals surface area contributed by atoms with Crippen molar-refractivity contribution in [3.63, 3.8) is 0 Å². The summed E-state index contributed by atoms with van der Waals surface area (Å²) in [6.45, 7) is 4.55. The van der Waals surface area contributed by atoms with Crippen LogP contribution in [0.25, 0.3) is 0 Å². The summed E-state index contributed by atoms with van der Waals surface area (Å²) in [6.07, 6.45) is 5.28. The molecule has 0 aliphatic carbocycles. The molecule has 1 aromatic rings. The summed E-state index contributed by atoms with van der Waals surface area (Å²) >= 11 is 4.35. The van der Waals surface area contributed by atoms with Crippen LogP contribution in [0.3, 0.4) is 0 Å². The van der Waals surface area contributed by atoms with E-state index in [-0.39, 0.29) is 6.33 Å². The predicted molar refractivity (Wildman–Crippen MR) is 87.7 cm³/mol. The van der Waals surface area contributed by atoms with E-state index in [9.17, 15) is 0 Å². The Hall–Kier alpha value is 0.350. The van der Waals surface area contributed by atoms with E-state index in [1.807, 2.05) is 0 Å². The van der Waals surface area contributed by atoms with Gasteiger partial charge in [0.25, 0.3) is 0 Å². The molecule has 0 fully saturated rings. The Morgan fingerprint density at radius 3 is 1.88 bits per heavy atom. The smallest absolute Gasteiger partial charge is 0.0437 e. The first-order valence-corrected chi connectivity index (χ1v) is 11.0. The number of unbranched alkanes of at least 4 members (excludes halogenated alkanes) is 2. The van der Waals surface area contributed by atoms with E-state index in [0.29, 0.717) is 0 Å². The Bertz CT molecular complexity index is 267. The van der Waals surface area contributed by atoms with Crippen molar-refractivity contribution in [2.75, 3.05) is 11.5 Å². The Kier molecular flexibility index (Phi) is 9.33. The average Bonchev–Trinajstić information content (AvgIpc) is 2.38. The summed E-state index contributed by atoms with van der Waals surface area (Å²) in [5.41, 5.74) is 0. The second kappa shape index (κ2) is 10.3. The van der Waals surface area contributed by atoms with Crippen LogP contribution in [0.1, 0.15) is 39.5 Å². The molecule has 96 valence electrons. The van der Waals surface area contributed by atoms with Gasteiger partial charge in [0.2, 0.25) is 0 Å². The summed E-state index contributed by atoms with van der Waals surface area (Å²) in [4.78, 5) is 0. The van der Waals surface area contributed by atoms with Crippen molar-refractivity contribution < 1.29 is 0 Å². The van der Waals surface area contributed by atoms with Crippen molar-refractivity contribution in [1.82, 2.24) is 0 Å². The van der Waals surface area contributed by atoms with E-state index in [4.69, 9.17) is 0 Å². The number of hydrogen-bond donors (Lipinski definition) is 0. The molecular weight excluding hydrogens is 263 g/mol. The molecule has 0 saturated heterocycles. The van der Waals surface area contributed by atoms with E-state index in [0.717, 1.165) is 0 Å². The molecule has 1 rings (SSSR count). The first-order chi connectivity index (χ1) is 8.38.